The van der Waals surface area contributed by atoms with Crippen LogP contribution in [0.2, 0.25) is 0 Å². The van der Waals surface area contributed by atoms with Gasteiger partial charge in [0.05, 0.1) is 11.4 Å². The highest BCUT2D eigenvalue weighted by atomic mass is 32.1. The van der Waals surface area contributed by atoms with Crippen molar-refractivity contribution in [3.05, 3.63) is 22.4 Å². The van der Waals surface area contributed by atoms with E-state index in [2.05, 4.69) is 0 Å². The Morgan fingerprint density at radius 1 is 1.47 bits per heavy atom. The van der Waals surface area contributed by atoms with Gasteiger partial charge in [-0.05, 0) is 31.0 Å². The van der Waals surface area contributed by atoms with Crippen molar-refractivity contribution < 1.29 is 9.59 Å². The van der Waals surface area contributed by atoms with Crippen LogP contribution < -0.4 is 5.73 Å². The van der Waals surface area contributed by atoms with E-state index < -0.39 is 0 Å². The van der Waals surface area contributed by atoms with Gasteiger partial charge in [-0.2, -0.15) is 0 Å². The molecule has 1 amide bonds. The molecule has 0 fully saturated rings. The van der Waals surface area contributed by atoms with E-state index in [4.69, 9.17) is 5.73 Å². The molecule has 2 N–H and O–H groups in total. The lowest BCUT2D eigenvalue weighted by Crippen LogP contribution is -2.34. The molecule has 0 aliphatic carbocycles. The molecule has 5 heteroatoms. The van der Waals surface area contributed by atoms with E-state index in [1.807, 2.05) is 29.3 Å². The topological polar surface area (TPSA) is 63.4 Å². The molecule has 94 valence electrons. The minimum atomic E-state index is -0.323. The Balaban J connectivity index is 2.27. The quantitative estimate of drug-likeness (QED) is 0.715. The van der Waals surface area contributed by atoms with E-state index in [1.54, 1.807) is 0 Å². The predicted octanol–water partition coefficient (Wildman–Crippen LogP) is 1.52. The maximum absolute atomic E-state index is 11.7. The number of nitrogens with two attached hydrogens (primary N) is 1. The van der Waals surface area contributed by atoms with E-state index in [0.29, 0.717) is 6.42 Å². The highest BCUT2D eigenvalue weighted by Crippen LogP contribution is 2.12. The summed E-state index contributed by atoms with van der Waals surface area (Å²) in [4.78, 5) is 25.2. The van der Waals surface area contributed by atoms with Crippen LogP contribution in [-0.2, 0) is 4.79 Å². The van der Waals surface area contributed by atoms with Gasteiger partial charge in [-0.15, -0.1) is 11.3 Å². The summed E-state index contributed by atoms with van der Waals surface area (Å²) in [5.41, 5.74) is 5.13. The number of rotatable bonds is 8. The van der Waals surface area contributed by atoms with Crippen LogP contribution in [0, 0.1) is 0 Å². The normalized spacial score (nSPS) is 10.7. The fourth-order valence-corrected chi connectivity index (χ4v) is 2.29. The van der Waals surface area contributed by atoms with Gasteiger partial charge in [-0.1, -0.05) is 13.0 Å². The number of carbonyl (C=O) groups is 2. The second-order valence-electron chi connectivity index (χ2n) is 3.84. The van der Waals surface area contributed by atoms with Crippen molar-refractivity contribution in [3.8, 4) is 0 Å². The molecular weight excluding hydrogens is 236 g/mol. The first-order chi connectivity index (χ1) is 8.13. The second-order valence-corrected chi connectivity index (χ2v) is 4.79. The fourth-order valence-electron chi connectivity index (χ4n) is 1.59. The Morgan fingerprint density at radius 3 is 2.76 bits per heavy atom. The minimum Gasteiger partial charge on any atom is -0.369 e. The first-order valence-electron chi connectivity index (χ1n) is 5.70. The summed E-state index contributed by atoms with van der Waals surface area (Å²) in [5, 5.41) is 1.90. The van der Waals surface area contributed by atoms with Gasteiger partial charge in [0.1, 0.15) is 0 Å². The van der Waals surface area contributed by atoms with Gasteiger partial charge >= 0.3 is 0 Å². The third-order valence-corrected chi connectivity index (χ3v) is 3.41. The maximum Gasteiger partial charge on any atom is 0.231 e. The van der Waals surface area contributed by atoms with E-state index in [1.165, 1.54) is 11.3 Å². The van der Waals surface area contributed by atoms with Gasteiger partial charge < -0.3 is 5.73 Å². The minimum absolute atomic E-state index is 0.176. The fraction of sp³-hybridized carbons (Fsp3) is 0.500. The van der Waals surface area contributed by atoms with Crippen molar-refractivity contribution in [3.63, 3.8) is 0 Å². The molecule has 0 aliphatic rings. The highest BCUT2D eigenvalue weighted by molar-refractivity contribution is 7.12. The van der Waals surface area contributed by atoms with E-state index in [9.17, 15) is 9.59 Å². The zero-order valence-corrected chi connectivity index (χ0v) is 10.8. The van der Waals surface area contributed by atoms with Gasteiger partial charge in [0, 0.05) is 6.42 Å². The van der Waals surface area contributed by atoms with Crippen molar-refractivity contribution in [2.75, 3.05) is 19.6 Å². The third-order valence-electron chi connectivity index (χ3n) is 2.50. The molecule has 0 spiro atoms. The van der Waals surface area contributed by atoms with Crippen molar-refractivity contribution >= 4 is 23.0 Å². The summed E-state index contributed by atoms with van der Waals surface area (Å²) in [6.45, 7) is 3.75. The molecule has 0 aromatic carbocycles. The Kier molecular flexibility index (Phi) is 5.86. The first-order valence-corrected chi connectivity index (χ1v) is 6.58. The molecule has 0 unspecified atom stereocenters. The van der Waals surface area contributed by atoms with Crippen LogP contribution in [0.4, 0.5) is 0 Å². The summed E-state index contributed by atoms with van der Waals surface area (Å²) >= 11 is 1.47. The van der Waals surface area contributed by atoms with Crippen molar-refractivity contribution in [1.29, 1.82) is 0 Å². The number of thiophene rings is 1. The zero-order chi connectivity index (χ0) is 12.7. The predicted molar refractivity (Wildman–Crippen MR) is 69.2 cm³/mol. The molecule has 1 aromatic rings. The Labute approximate surface area is 105 Å². The lowest BCUT2D eigenvalue weighted by atomic mass is 10.2. The summed E-state index contributed by atoms with van der Waals surface area (Å²) in [6.07, 6.45) is 1.29. The van der Waals surface area contributed by atoms with E-state index >= 15 is 0 Å². The SMILES string of the molecule is CCN(CCCC(=O)c1cccs1)CC(N)=O. The Hall–Kier alpha value is -1.20. The van der Waals surface area contributed by atoms with Gasteiger partial charge in [0.15, 0.2) is 5.78 Å². The number of likely N-dealkylation sites (N-methyl/N-ethyl adjacent to an activating group) is 1. The molecule has 0 saturated carbocycles. The summed E-state index contributed by atoms with van der Waals surface area (Å²) in [7, 11) is 0. The number of carbonyl (C=O) groups excluding carboxylic acids is 2. The van der Waals surface area contributed by atoms with Crippen molar-refractivity contribution in [2.24, 2.45) is 5.73 Å². The average Bonchev–Trinajstić information content (AvgIpc) is 2.80. The molecular formula is C12H18N2O2S. The van der Waals surface area contributed by atoms with Crippen LogP contribution in [0.3, 0.4) is 0 Å². The Morgan fingerprint density at radius 2 is 2.24 bits per heavy atom. The van der Waals surface area contributed by atoms with Gasteiger partial charge in [-0.25, -0.2) is 0 Å². The molecule has 17 heavy (non-hydrogen) atoms. The molecule has 0 bridgehead atoms. The first kappa shape index (κ1) is 13.9. The summed E-state index contributed by atoms with van der Waals surface area (Å²) in [5.74, 6) is -0.147. The van der Waals surface area contributed by atoms with Gasteiger partial charge in [-0.3, -0.25) is 14.5 Å². The molecule has 4 nitrogen and oxygen atoms in total. The van der Waals surface area contributed by atoms with Crippen LogP contribution in [0.25, 0.3) is 0 Å². The number of hydrogen-bond donors (Lipinski definition) is 1. The van der Waals surface area contributed by atoms with E-state index in [-0.39, 0.29) is 18.2 Å². The van der Waals surface area contributed by atoms with Crippen molar-refractivity contribution in [2.45, 2.75) is 19.8 Å². The molecule has 0 aliphatic heterocycles. The average molecular weight is 254 g/mol. The molecule has 0 radical (unpaired) electrons. The van der Waals surface area contributed by atoms with Crippen LogP contribution in [-0.4, -0.2) is 36.2 Å². The maximum atomic E-state index is 11.7. The number of ketones is 1. The number of nitrogens with zero attached hydrogens (tertiary/aromatic N) is 1. The zero-order valence-electron chi connectivity index (χ0n) is 10.0. The largest absolute Gasteiger partial charge is 0.369 e. The number of primary amides is 1. The number of hydrogen-bond acceptors (Lipinski definition) is 4. The van der Waals surface area contributed by atoms with Crippen LogP contribution in [0.1, 0.15) is 29.4 Å². The lowest BCUT2D eigenvalue weighted by molar-refractivity contribution is -0.119. The van der Waals surface area contributed by atoms with Crippen molar-refractivity contribution in [1.82, 2.24) is 4.90 Å². The monoisotopic (exact) mass is 254 g/mol. The lowest BCUT2D eigenvalue weighted by Gasteiger charge is -2.17. The molecule has 1 heterocycles. The van der Waals surface area contributed by atoms with Crippen LogP contribution in [0.15, 0.2) is 17.5 Å². The summed E-state index contributed by atoms with van der Waals surface area (Å²) < 4.78 is 0. The van der Waals surface area contributed by atoms with Crippen LogP contribution in [0.5, 0.6) is 0 Å². The van der Waals surface area contributed by atoms with Crippen LogP contribution >= 0.6 is 11.3 Å². The molecule has 1 rings (SSSR count). The van der Waals surface area contributed by atoms with E-state index in [0.717, 1.165) is 24.4 Å². The second kappa shape index (κ2) is 7.19. The Bertz CT molecular complexity index is 363. The number of Topliss-reactive ketones (excluding diaryl/α,β-unsaturated/α-hetero) is 1. The third kappa shape index (κ3) is 5.10. The van der Waals surface area contributed by atoms with Gasteiger partial charge in [0.2, 0.25) is 5.91 Å². The van der Waals surface area contributed by atoms with Gasteiger partial charge in [0.25, 0.3) is 0 Å². The highest BCUT2D eigenvalue weighted by Gasteiger charge is 2.09. The standard InChI is InChI=1S/C12H18N2O2S/c1-2-14(9-12(13)16)7-3-5-10(15)11-6-4-8-17-11/h4,6,8H,2-3,5,7,9H2,1H3,(H2,13,16). The smallest absolute Gasteiger partial charge is 0.231 e. The molecule has 0 atom stereocenters. The summed E-state index contributed by atoms with van der Waals surface area (Å²) in [6, 6.07) is 3.72. The molecule has 0 saturated heterocycles. The molecule has 1 aromatic heterocycles. The number of amides is 1.